The number of carboxylic acids is 1. The van der Waals surface area contributed by atoms with E-state index in [1.807, 2.05) is 38.1 Å². The van der Waals surface area contributed by atoms with E-state index in [2.05, 4.69) is 5.32 Å². The zero-order valence-electron chi connectivity index (χ0n) is 10.6. The normalized spacial score (nSPS) is 10.4. The molecule has 0 aromatic heterocycles. The number of aliphatic carboxylic acids is 1. The van der Waals surface area contributed by atoms with Crippen LogP contribution < -0.4 is 10.2 Å². The lowest BCUT2D eigenvalue weighted by molar-refractivity contribution is -0.131. The Bertz CT molecular complexity index is 493. The van der Waals surface area contributed by atoms with Gasteiger partial charge in [-0.1, -0.05) is 6.07 Å². The molecule has 1 amide bonds. The van der Waals surface area contributed by atoms with E-state index in [9.17, 15) is 9.59 Å². The summed E-state index contributed by atoms with van der Waals surface area (Å²) in [7, 11) is 3.83. The van der Waals surface area contributed by atoms with Gasteiger partial charge in [0.25, 0.3) is 0 Å². The molecule has 0 unspecified atom stereocenters. The standard InChI is InChI=1S/C13H16N2O3/c1-9-4-5-10(8-11(9)15(2)3)14-12(16)6-7-13(17)18/h4-8H,1-3H3,(H,14,16)(H,17,18)/b7-6+. The summed E-state index contributed by atoms with van der Waals surface area (Å²) in [6.07, 6.45) is 1.79. The summed E-state index contributed by atoms with van der Waals surface area (Å²) in [5, 5.41) is 11.0. The van der Waals surface area contributed by atoms with E-state index in [4.69, 9.17) is 5.11 Å². The molecule has 0 fully saturated rings. The van der Waals surface area contributed by atoms with Crippen LogP contribution in [-0.4, -0.2) is 31.1 Å². The van der Waals surface area contributed by atoms with E-state index in [0.717, 1.165) is 23.4 Å². The fourth-order valence-electron chi connectivity index (χ4n) is 1.50. The molecule has 2 N–H and O–H groups in total. The Morgan fingerprint density at radius 2 is 1.94 bits per heavy atom. The summed E-state index contributed by atoms with van der Waals surface area (Å²) >= 11 is 0. The van der Waals surface area contributed by atoms with Crippen molar-refractivity contribution in [2.24, 2.45) is 0 Å². The zero-order valence-corrected chi connectivity index (χ0v) is 10.6. The van der Waals surface area contributed by atoms with Gasteiger partial charge in [0.2, 0.25) is 5.91 Å². The van der Waals surface area contributed by atoms with Gasteiger partial charge in [-0.3, -0.25) is 4.79 Å². The van der Waals surface area contributed by atoms with Gasteiger partial charge in [0.15, 0.2) is 0 Å². The van der Waals surface area contributed by atoms with Crippen molar-refractivity contribution in [2.45, 2.75) is 6.92 Å². The molecule has 1 aromatic rings. The molecule has 5 nitrogen and oxygen atoms in total. The quantitative estimate of drug-likeness (QED) is 0.795. The van der Waals surface area contributed by atoms with Crippen molar-refractivity contribution in [3.05, 3.63) is 35.9 Å². The maximum atomic E-state index is 11.4. The number of nitrogens with one attached hydrogen (secondary N) is 1. The molecule has 1 aromatic carbocycles. The Morgan fingerprint density at radius 3 is 2.50 bits per heavy atom. The number of hydrogen-bond donors (Lipinski definition) is 2. The van der Waals surface area contributed by atoms with Gasteiger partial charge in [-0.25, -0.2) is 4.79 Å². The smallest absolute Gasteiger partial charge is 0.328 e. The maximum absolute atomic E-state index is 11.4. The van der Waals surface area contributed by atoms with Crippen LogP contribution in [0, 0.1) is 6.92 Å². The van der Waals surface area contributed by atoms with Gasteiger partial charge in [0.05, 0.1) is 0 Å². The lowest BCUT2D eigenvalue weighted by Gasteiger charge is -2.16. The van der Waals surface area contributed by atoms with Gasteiger partial charge in [-0.15, -0.1) is 0 Å². The molecule has 0 bridgehead atoms. The molecule has 5 heteroatoms. The average molecular weight is 248 g/mol. The number of amides is 1. The summed E-state index contributed by atoms with van der Waals surface area (Å²) in [5.74, 6) is -1.62. The minimum atomic E-state index is -1.15. The third-order valence-corrected chi connectivity index (χ3v) is 2.34. The Balaban J connectivity index is 2.83. The van der Waals surface area contributed by atoms with Crippen molar-refractivity contribution in [3.8, 4) is 0 Å². The number of hydrogen-bond acceptors (Lipinski definition) is 3. The van der Waals surface area contributed by atoms with E-state index in [1.54, 1.807) is 6.07 Å². The molecule has 0 radical (unpaired) electrons. The summed E-state index contributed by atoms with van der Waals surface area (Å²) < 4.78 is 0. The van der Waals surface area contributed by atoms with Crippen molar-refractivity contribution in [1.29, 1.82) is 0 Å². The van der Waals surface area contributed by atoms with Crippen LogP contribution in [0.3, 0.4) is 0 Å². The monoisotopic (exact) mass is 248 g/mol. The molecule has 0 aliphatic rings. The lowest BCUT2D eigenvalue weighted by atomic mass is 10.1. The van der Waals surface area contributed by atoms with Crippen LogP contribution in [0.5, 0.6) is 0 Å². The van der Waals surface area contributed by atoms with Gasteiger partial charge in [-0.2, -0.15) is 0 Å². The molecule has 0 aliphatic carbocycles. The summed E-state index contributed by atoms with van der Waals surface area (Å²) in [6.45, 7) is 1.98. The van der Waals surface area contributed by atoms with Gasteiger partial charge in [-0.05, 0) is 24.6 Å². The van der Waals surface area contributed by atoms with Crippen molar-refractivity contribution >= 4 is 23.3 Å². The molecule has 96 valence electrons. The predicted molar refractivity (Wildman–Crippen MR) is 70.9 cm³/mol. The van der Waals surface area contributed by atoms with Crippen molar-refractivity contribution in [1.82, 2.24) is 0 Å². The van der Waals surface area contributed by atoms with Crippen LogP contribution in [0.4, 0.5) is 11.4 Å². The van der Waals surface area contributed by atoms with Crippen LogP contribution in [0.25, 0.3) is 0 Å². The van der Waals surface area contributed by atoms with Crippen LogP contribution in [0.15, 0.2) is 30.4 Å². The Kier molecular flexibility index (Phi) is 4.48. The second-order valence-electron chi connectivity index (χ2n) is 4.06. The Morgan fingerprint density at radius 1 is 1.28 bits per heavy atom. The van der Waals surface area contributed by atoms with E-state index >= 15 is 0 Å². The summed E-state index contributed by atoms with van der Waals surface area (Å²) in [6, 6.07) is 5.50. The number of aryl methyl sites for hydroxylation is 1. The van der Waals surface area contributed by atoms with Crippen molar-refractivity contribution in [2.75, 3.05) is 24.3 Å². The second kappa shape index (κ2) is 5.86. The minimum absolute atomic E-state index is 0.467. The first-order chi connectivity index (χ1) is 8.40. The Labute approximate surface area is 106 Å². The number of anilines is 2. The van der Waals surface area contributed by atoms with Crippen LogP contribution in [0.2, 0.25) is 0 Å². The number of carbonyl (C=O) groups excluding carboxylic acids is 1. The molecule has 0 saturated carbocycles. The van der Waals surface area contributed by atoms with Gasteiger partial charge >= 0.3 is 5.97 Å². The molecule has 0 heterocycles. The number of nitrogens with zero attached hydrogens (tertiary/aromatic N) is 1. The van der Waals surface area contributed by atoms with E-state index in [1.165, 1.54) is 0 Å². The molecule has 0 saturated heterocycles. The molecular weight excluding hydrogens is 232 g/mol. The fourth-order valence-corrected chi connectivity index (χ4v) is 1.50. The summed E-state index contributed by atoms with van der Waals surface area (Å²) in [5.41, 5.74) is 2.72. The lowest BCUT2D eigenvalue weighted by Crippen LogP contribution is -2.12. The number of rotatable bonds is 4. The van der Waals surface area contributed by atoms with Gasteiger partial charge in [0, 0.05) is 37.6 Å². The molecule has 18 heavy (non-hydrogen) atoms. The third-order valence-electron chi connectivity index (χ3n) is 2.34. The summed E-state index contributed by atoms with van der Waals surface area (Å²) in [4.78, 5) is 23.6. The van der Waals surface area contributed by atoms with Crippen molar-refractivity contribution in [3.63, 3.8) is 0 Å². The van der Waals surface area contributed by atoms with Crippen LogP contribution >= 0.6 is 0 Å². The van der Waals surface area contributed by atoms with Crippen molar-refractivity contribution < 1.29 is 14.7 Å². The van der Waals surface area contributed by atoms with E-state index < -0.39 is 11.9 Å². The molecule has 1 rings (SSSR count). The average Bonchev–Trinajstić information content (AvgIpc) is 2.28. The molecule has 0 aliphatic heterocycles. The molecule has 0 spiro atoms. The van der Waals surface area contributed by atoms with Gasteiger partial charge < -0.3 is 15.3 Å². The first-order valence-corrected chi connectivity index (χ1v) is 5.40. The largest absolute Gasteiger partial charge is 0.478 e. The third kappa shape index (κ3) is 3.93. The van der Waals surface area contributed by atoms with E-state index in [0.29, 0.717) is 5.69 Å². The van der Waals surface area contributed by atoms with Gasteiger partial charge in [0.1, 0.15) is 0 Å². The minimum Gasteiger partial charge on any atom is -0.478 e. The highest BCUT2D eigenvalue weighted by molar-refractivity contribution is 6.02. The van der Waals surface area contributed by atoms with Crippen LogP contribution in [-0.2, 0) is 9.59 Å². The highest BCUT2D eigenvalue weighted by Crippen LogP contribution is 2.22. The topological polar surface area (TPSA) is 69.6 Å². The van der Waals surface area contributed by atoms with E-state index in [-0.39, 0.29) is 0 Å². The number of benzene rings is 1. The van der Waals surface area contributed by atoms with Crippen LogP contribution in [0.1, 0.15) is 5.56 Å². The first kappa shape index (κ1) is 13.8. The number of carboxylic acid groups (broad SMARTS) is 1. The zero-order chi connectivity index (χ0) is 13.7. The first-order valence-electron chi connectivity index (χ1n) is 5.40. The molecule has 0 atom stereocenters. The highest BCUT2D eigenvalue weighted by atomic mass is 16.4. The number of carbonyl (C=O) groups is 2. The highest BCUT2D eigenvalue weighted by Gasteiger charge is 2.04. The second-order valence-corrected chi connectivity index (χ2v) is 4.06. The molecular formula is C13H16N2O3. The predicted octanol–water partition coefficient (Wildman–Crippen LogP) is 1.64. The Hall–Kier alpha value is -2.30. The fraction of sp³-hybridized carbons (Fsp3) is 0.231. The maximum Gasteiger partial charge on any atom is 0.328 e. The SMILES string of the molecule is Cc1ccc(NC(=O)/C=C/C(=O)O)cc1N(C)C.